The highest BCUT2D eigenvalue weighted by molar-refractivity contribution is 5.90. The van der Waals surface area contributed by atoms with Crippen molar-refractivity contribution < 1.29 is 0 Å². The molecule has 0 radical (unpaired) electrons. The Bertz CT molecular complexity index is 744. The van der Waals surface area contributed by atoms with E-state index in [1.807, 2.05) is 0 Å². The second-order valence-electron chi connectivity index (χ2n) is 6.98. The average Bonchev–Trinajstić information content (AvgIpc) is 3.01. The molecule has 0 saturated heterocycles. The number of nitrogens with zero attached hydrogens (tertiary/aromatic N) is 2. The summed E-state index contributed by atoms with van der Waals surface area (Å²) >= 11 is 0. The number of rotatable bonds is 4. The van der Waals surface area contributed by atoms with Gasteiger partial charge in [0.1, 0.15) is 0 Å². The van der Waals surface area contributed by atoms with Crippen molar-refractivity contribution in [2.75, 3.05) is 11.6 Å². The van der Waals surface area contributed by atoms with E-state index in [1.165, 1.54) is 27.9 Å². The quantitative estimate of drug-likeness (QED) is 0.887. The number of anilines is 1. The number of hydrogen-bond donors (Lipinski definition) is 1. The van der Waals surface area contributed by atoms with Crippen molar-refractivity contribution in [2.24, 2.45) is 10.8 Å². The molecule has 0 bridgehead atoms. The first kappa shape index (κ1) is 16.7. The fourth-order valence-electron chi connectivity index (χ4n) is 3.26. The van der Waals surface area contributed by atoms with Crippen LogP contribution in [-0.4, -0.2) is 12.3 Å². The maximum absolute atomic E-state index is 5.89. The maximum Gasteiger partial charge on any atom is 0.0828 e. The van der Waals surface area contributed by atoms with Crippen LogP contribution in [0.2, 0.25) is 0 Å². The summed E-state index contributed by atoms with van der Waals surface area (Å²) in [6, 6.07) is 15.6. The van der Waals surface area contributed by atoms with Gasteiger partial charge in [-0.1, -0.05) is 50.2 Å². The highest BCUT2D eigenvalue weighted by atomic mass is 15.5. The largest absolute Gasteiger partial charge is 0.325 e. The van der Waals surface area contributed by atoms with E-state index < -0.39 is 0 Å². The summed E-state index contributed by atoms with van der Waals surface area (Å²) < 4.78 is 0. The fourth-order valence-corrected chi connectivity index (χ4v) is 3.26. The lowest BCUT2D eigenvalue weighted by Crippen LogP contribution is -2.19. The zero-order valence-electron chi connectivity index (χ0n) is 15.1. The van der Waals surface area contributed by atoms with Gasteiger partial charge in [-0.2, -0.15) is 5.10 Å². The molecule has 3 rings (SSSR count). The van der Waals surface area contributed by atoms with E-state index in [0.717, 1.165) is 12.1 Å². The van der Waals surface area contributed by atoms with Gasteiger partial charge in [-0.25, -0.2) is 0 Å². The maximum atomic E-state index is 5.89. The molecule has 0 aliphatic carbocycles. The Labute approximate surface area is 145 Å². The van der Waals surface area contributed by atoms with Gasteiger partial charge in [0.15, 0.2) is 0 Å². The van der Waals surface area contributed by atoms with Crippen LogP contribution >= 0.6 is 0 Å². The third-order valence-corrected chi connectivity index (χ3v) is 5.02. The van der Waals surface area contributed by atoms with Crippen molar-refractivity contribution in [3.05, 3.63) is 64.7 Å². The molecule has 0 saturated carbocycles. The van der Waals surface area contributed by atoms with Crippen molar-refractivity contribution in [3.8, 4) is 0 Å². The van der Waals surface area contributed by atoms with Gasteiger partial charge in [-0.15, -0.1) is 0 Å². The van der Waals surface area contributed by atoms with Gasteiger partial charge < -0.3 is 5.73 Å². The second-order valence-corrected chi connectivity index (χ2v) is 6.98. The molecular formula is C21H27N3. The molecular weight excluding hydrogens is 294 g/mol. The molecule has 1 aliphatic heterocycles. The van der Waals surface area contributed by atoms with Crippen molar-refractivity contribution >= 4 is 11.4 Å². The molecule has 1 unspecified atom stereocenters. The van der Waals surface area contributed by atoms with Crippen LogP contribution in [0.3, 0.4) is 0 Å². The molecule has 1 atom stereocenters. The van der Waals surface area contributed by atoms with Gasteiger partial charge in [-0.05, 0) is 48.1 Å². The van der Waals surface area contributed by atoms with Gasteiger partial charge in [0.2, 0.25) is 0 Å². The highest BCUT2D eigenvalue weighted by Crippen LogP contribution is 2.37. The van der Waals surface area contributed by atoms with Crippen LogP contribution in [0.25, 0.3) is 0 Å². The van der Waals surface area contributed by atoms with E-state index in [-0.39, 0.29) is 6.04 Å². The van der Waals surface area contributed by atoms with E-state index in [1.54, 1.807) is 0 Å². The SMILES string of the molecule is Cc1cccc(N2N=C(CN)CC2c2ccc(C(C)C)cc2)c1C. The lowest BCUT2D eigenvalue weighted by molar-refractivity contribution is 0.704. The van der Waals surface area contributed by atoms with E-state index in [2.05, 4.69) is 75.2 Å². The van der Waals surface area contributed by atoms with Gasteiger partial charge in [0, 0.05) is 13.0 Å². The summed E-state index contributed by atoms with van der Waals surface area (Å²) in [5, 5.41) is 6.98. The Morgan fingerprint density at radius 1 is 1.12 bits per heavy atom. The summed E-state index contributed by atoms with van der Waals surface area (Å²) in [4.78, 5) is 0. The molecule has 2 N–H and O–H groups in total. The number of benzene rings is 2. The normalized spacial score (nSPS) is 17.5. The Balaban J connectivity index is 1.98. The Morgan fingerprint density at radius 2 is 1.83 bits per heavy atom. The van der Waals surface area contributed by atoms with E-state index >= 15 is 0 Å². The Hall–Kier alpha value is -2.13. The first-order valence-electron chi connectivity index (χ1n) is 8.73. The molecule has 0 aromatic heterocycles. The molecule has 3 heteroatoms. The van der Waals surface area contributed by atoms with Crippen LogP contribution in [0.4, 0.5) is 5.69 Å². The van der Waals surface area contributed by atoms with Gasteiger partial charge in [0.25, 0.3) is 0 Å². The Kier molecular flexibility index (Phi) is 4.72. The van der Waals surface area contributed by atoms with Crippen LogP contribution in [0.1, 0.15) is 54.5 Å². The van der Waals surface area contributed by atoms with Gasteiger partial charge in [0.05, 0.1) is 17.4 Å². The van der Waals surface area contributed by atoms with Crippen LogP contribution in [0.15, 0.2) is 47.6 Å². The zero-order chi connectivity index (χ0) is 17.3. The molecule has 1 heterocycles. The Morgan fingerprint density at radius 3 is 2.46 bits per heavy atom. The molecule has 126 valence electrons. The van der Waals surface area contributed by atoms with E-state index in [0.29, 0.717) is 12.5 Å². The second kappa shape index (κ2) is 6.78. The van der Waals surface area contributed by atoms with E-state index in [9.17, 15) is 0 Å². The summed E-state index contributed by atoms with van der Waals surface area (Å²) in [7, 11) is 0. The van der Waals surface area contributed by atoms with Gasteiger partial charge >= 0.3 is 0 Å². The lowest BCUT2D eigenvalue weighted by Gasteiger charge is -2.26. The van der Waals surface area contributed by atoms with Crippen LogP contribution < -0.4 is 10.7 Å². The molecule has 3 nitrogen and oxygen atoms in total. The van der Waals surface area contributed by atoms with Crippen LogP contribution in [-0.2, 0) is 0 Å². The molecule has 24 heavy (non-hydrogen) atoms. The summed E-state index contributed by atoms with van der Waals surface area (Å²) in [5.41, 5.74) is 13.4. The first-order chi connectivity index (χ1) is 11.5. The van der Waals surface area contributed by atoms with Crippen molar-refractivity contribution in [1.82, 2.24) is 0 Å². The van der Waals surface area contributed by atoms with Crippen molar-refractivity contribution in [3.63, 3.8) is 0 Å². The average molecular weight is 321 g/mol. The third-order valence-electron chi connectivity index (χ3n) is 5.02. The van der Waals surface area contributed by atoms with Gasteiger partial charge in [-0.3, -0.25) is 5.01 Å². The molecule has 0 amide bonds. The number of hydrogen-bond acceptors (Lipinski definition) is 3. The lowest BCUT2D eigenvalue weighted by atomic mass is 9.96. The predicted octanol–water partition coefficient (Wildman–Crippen LogP) is 4.69. The van der Waals surface area contributed by atoms with Crippen LogP contribution in [0, 0.1) is 13.8 Å². The minimum Gasteiger partial charge on any atom is -0.325 e. The summed E-state index contributed by atoms with van der Waals surface area (Å²) in [6.07, 6.45) is 0.894. The minimum absolute atomic E-state index is 0.227. The van der Waals surface area contributed by atoms with E-state index in [4.69, 9.17) is 10.8 Å². The standard InChI is InChI=1S/C21H27N3/c1-14(2)17-8-10-18(11-9-17)21-12-19(13-22)23-24(21)20-7-5-6-15(3)16(20)4/h5-11,14,21H,12-13,22H2,1-4H3. The fraction of sp³-hybridized carbons (Fsp3) is 0.381. The van der Waals surface area contributed by atoms with Crippen molar-refractivity contribution in [1.29, 1.82) is 0 Å². The summed E-state index contributed by atoms with van der Waals surface area (Å²) in [6.45, 7) is 9.28. The molecule has 2 aromatic rings. The smallest absolute Gasteiger partial charge is 0.0828 e. The topological polar surface area (TPSA) is 41.6 Å². The number of hydrazone groups is 1. The van der Waals surface area contributed by atoms with Crippen LogP contribution in [0.5, 0.6) is 0 Å². The molecule has 0 spiro atoms. The monoisotopic (exact) mass is 321 g/mol. The number of nitrogens with two attached hydrogens (primary N) is 1. The third kappa shape index (κ3) is 3.09. The predicted molar refractivity (Wildman–Crippen MR) is 103 cm³/mol. The zero-order valence-corrected chi connectivity index (χ0v) is 15.1. The summed E-state index contributed by atoms with van der Waals surface area (Å²) in [5.74, 6) is 0.550. The molecule has 0 fully saturated rings. The number of aryl methyl sites for hydroxylation is 1. The minimum atomic E-state index is 0.227. The highest BCUT2D eigenvalue weighted by Gasteiger charge is 2.29. The first-order valence-corrected chi connectivity index (χ1v) is 8.73. The van der Waals surface area contributed by atoms with Crippen molar-refractivity contribution in [2.45, 2.75) is 46.1 Å². The molecule has 2 aromatic carbocycles. The molecule has 1 aliphatic rings.